The number of aryl methyl sites for hydroxylation is 1. The normalized spacial score (nSPS) is 12.9. The maximum Gasteiger partial charge on any atom is 0.191 e. The average molecular weight is 453 g/mol. The summed E-state index contributed by atoms with van der Waals surface area (Å²) in [6.07, 6.45) is 2.02. The number of rotatable bonds is 9. The molecule has 0 aliphatic rings. The van der Waals surface area contributed by atoms with Gasteiger partial charge in [-0.1, -0.05) is 13.8 Å². The number of aliphatic imine (C=N–C) groups is 1. The summed E-state index contributed by atoms with van der Waals surface area (Å²) in [5, 5.41) is 6.78. The van der Waals surface area contributed by atoms with Gasteiger partial charge in [-0.15, -0.1) is 35.3 Å². The van der Waals surface area contributed by atoms with Crippen LogP contribution in [0.5, 0.6) is 0 Å². The Kier molecular flexibility index (Phi) is 12.8. The van der Waals surface area contributed by atoms with Crippen LogP contribution in [-0.2, 0) is 11.2 Å². The average Bonchev–Trinajstić information content (AvgIpc) is 2.86. The van der Waals surface area contributed by atoms with Crippen LogP contribution in [-0.4, -0.2) is 38.8 Å². The summed E-state index contributed by atoms with van der Waals surface area (Å²) in [4.78, 5) is 7.06. The summed E-state index contributed by atoms with van der Waals surface area (Å²) < 4.78 is 5.57. The predicted octanol–water partition coefficient (Wildman–Crippen LogP) is 3.83. The number of hydrogen-bond donors (Lipinski definition) is 2. The van der Waals surface area contributed by atoms with Gasteiger partial charge >= 0.3 is 0 Å². The fourth-order valence-electron chi connectivity index (χ4n) is 2.08. The first kappa shape index (κ1) is 22.7. The number of nitrogens with zero attached hydrogens (tertiary/aromatic N) is 1. The minimum atomic E-state index is 0. The maximum absolute atomic E-state index is 5.57. The Hall–Kier alpha value is -0.340. The summed E-state index contributed by atoms with van der Waals surface area (Å²) in [6, 6.07) is 4.75. The van der Waals surface area contributed by atoms with E-state index in [1.165, 1.54) is 9.75 Å². The third-order valence-electron chi connectivity index (χ3n) is 3.12. The molecule has 4 nitrogen and oxygen atoms in total. The standard InChI is InChI=1S/C17H31N3OS.HI/c1-13(2)12-21-10-6-9-19-17(18-5)20-14(3)11-16-8-7-15(4)22-16;/h7-8,13-14H,6,9-12H2,1-5H3,(H2,18,19,20);1H. The van der Waals surface area contributed by atoms with E-state index in [1.54, 1.807) is 0 Å². The van der Waals surface area contributed by atoms with E-state index in [0.29, 0.717) is 12.0 Å². The minimum absolute atomic E-state index is 0. The zero-order chi connectivity index (χ0) is 16.4. The molecule has 0 amide bonds. The van der Waals surface area contributed by atoms with Gasteiger partial charge in [0.25, 0.3) is 0 Å². The smallest absolute Gasteiger partial charge is 0.191 e. The Morgan fingerprint density at radius 1 is 1.30 bits per heavy atom. The lowest BCUT2D eigenvalue weighted by Gasteiger charge is -2.17. The molecular weight excluding hydrogens is 421 g/mol. The lowest BCUT2D eigenvalue weighted by molar-refractivity contribution is 0.108. The van der Waals surface area contributed by atoms with Crippen LogP contribution in [0.4, 0.5) is 0 Å². The zero-order valence-electron chi connectivity index (χ0n) is 15.0. The molecule has 0 bridgehead atoms. The van der Waals surface area contributed by atoms with Gasteiger partial charge in [0.2, 0.25) is 0 Å². The Bertz CT molecular complexity index is 449. The largest absolute Gasteiger partial charge is 0.381 e. The monoisotopic (exact) mass is 453 g/mol. The van der Waals surface area contributed by atoms with Crippen molar-refractivity contribution in [2.75, 3.05) is 26.8 Å². The van der Waals surface area contributed by atoms with Crippen molar-refractivity contribution in [3.05, 3.63) is 21.9 Å². The Morgan fingerprint density at radius 2 is 2.04 bits per heavy atom. The van der Waals surface area contributed by atoms with Gasteiger partial charge in [0.05, 0.1) is 0 Å². The van der Waals surface area contributed by atoms with Crippen LogP contribution < -0.4 is 10.6 Å². The van der Waals surface area contributed by atoms with Crippen molar-refractivity contribution in [3.8, 4) is 0 Å². The van der Waals surface area contributed by atoms with E-state index < -0.39 is 0 Å². The maximum atomic E-state index is 5.57. The number of halogens is 1. The molecule has 0 fully saturated rings. The SMILES string of the molecule is CN=C(NCCCOCC(C)C)NC(C)Cc1ccc(C)s1.I. The molecule has 0 spiro atoms. The van der Waals surface area contributed by atoms with Crippen molar-refractivity contribution in [3.63, 3.8) is 0 Å². The number of guanidine groups is 1. The Balaban J connectivity index is 0.00000484. The fourth-order valence-corrected chi connectivity index (χ4v) is 3.09. The highest BCUT2D eigenvalue weighted by molar-refractivity contribution is 14.0. The van der Waals surface area contributed by atoms with E-state index in [0.717, 1.165) is 38.6 Å². The summed E-state index contributed by atoms with van der Waals surface area (Å²) >= 11 is 1.86. The highest BCUT2D eigenvalue weighted by Gasteiger charge is 2.07. The second kappa shape index (κ2) is 13.0. The lowest BCUT2D eigenvalue weighted by Crippen LogP contribution is -2.43. The van der Waals surface area contributed by atoms with Crippen LogP contribution >= 0.6 is 35.3 Å². The van der Waals surface area contributed by atoms with Crippen LogP contribution in [0.3, 0.4) is 0 Å². The zero-order valence-corrected chi connectivity index (χ0v) is 18.2. The van der Waals surface area contributed by atoms with Gasteiger partial charge in [-0.05, 0) is 38.3 Å². The summed E-state index contributed by atoms with van der Waals surface area (Å²) in [5.74, 6) is 1.47. The molecule has 134 valence electrons. The van der Waals surface area contributed by atoms with E-state index in [-0.39, 0.29) is 24.0 Å². The van der Waals surface area contributed by atoms with Gasteiger partial charge in [0, 0.05) is 49.0 Å². The number of nitrogens with one attached hydrogen (secondary N) is 2. The van der Waals surface area contributed by atoms with Crippen LogP contribution in [0.2, 0.25) is 0 Å². The third-order valence-corrected chi connectivity index (χ3v) is 4.14. The van der Waals surface area contributed by atoms with E-state index in [1.807, 2.05) is 18.4 Å². The summed E-state index contributed by atoms with van der Waals surface area (Å²) in [7, 11) is 1.81. The van der Waals surface area contributed by atoms with Gasteiger partial charge in [0.1, 0.15) is 0 Å². The third kappa shape index (κ3) is 10.9. The molecule has 0 radical (unpaired) electrons. The van der Waals surface area contributed by atoms with Crippen molar-refractivity contribution in [1.29, 1.82) is 0 Å². The molecule has 1 heterocycles. The topological polar surface area (TPSA) is 45.7 Å². The molecule has 1 unspecified atom stereocenters. The van der Waals surface area contributed by atoms with Gasteiger partial charge < -0.3 is 15.4 Å². The van der Waals surface area contributed by atoms with Crippen LogP contribution in [0.25, 0.3) is 0 Å². The van der Waals surface area contributed by atoms with E-state index >= 15 is 0 Å². The van der Waals surface area contributed by atoms with Crippen LogP contribution in [0, 0.1) is 12.8 Å². The molecule has 1 aromatic rings. The molecule has 0 aliphatic heterocycles. The Morgan fingerprint density at radius 3 is 2.61 bits per heavy atom. The van der Waals surface area contributed by atoms with Crippen LogP contribution in [0.15, 0.2) is 17.1 Å². The second-order valence-electron chi connectivity index (χ2n) is 6.08. The number of thiophene rings is 1. The van der Waals surface area contributed by atoms with Crippen molar-refractivity contribution in [1.82, 2.24) is 10.6 Å². The molecule has 0 aromatic carbocycles. The number of hydrogen-bond acceptors (Lipinski definition) is 3. The quantitative estimate of drug-likeness (QED) is 0.259. The van der Waals surface area contributed by atoms with Crippen molar-refractivity contribution >= 4 is 41.3 Å². The predicted molar refractivity (Wildman–Crippen MR) is 112 cm³/mol. The minimum Gasteiger partial charge on any atom is -0.381 e. The first-order valence-electron chi connectivity index (χ1n) is 8.11. The van der Waals surface area contributed by atoms with Gasteiger partial charge in [-0.25, -0.2) is 0 Å². The van der Waals surface area contributed by atoms with Crippen LogP contribution in [0.1, 0.15) is 36.9 Å². The first-order valence-corrected chi connectivity index (χ1v) is 8.93. The lowest BCUT2D eigenvalue weighted by atomic mass is 10.2. The van der Waals surface area contributed by atoms with E-state index in [9.17, 15) is 0 Å². The molecule has 6 heteroatoms. The summed E-state index contributed by atoms with van der Waals surface area (Å²) in [5.41, 5.74) is 0. The molecule has 1 rings (SSSR count). The highest BCUT2D eigenvalue weighted by atomic mass is 127. The molecule has 2 N–H and O–H groups in total. The Labute approximate surface area is 162 Å². The molecule has 23 heavy (non-hydrogen) atoms. The molecule has 0 aliphatic carbocycles. The van der Waals surface area contributed by atoms with Crippen molar-refractivity contribution in [2.24, 2.45) is 10.9 Å². The molecular formula is C17H32IN3OS. The molecule has 0 saturated heterocycles. The van der Waals surface area contributed by atoms with E-state index in [4.69, 9.17) is 4.74 Å². The first-order chi connectivity index (χ1) is 10.5. The van der Waals surface area contributed by atoms with Gasteiger partial charge in [-0.3, -0.25) is 4.99 Å². The number of ether oxygens (including phenoxy) is 1. The highest BCUT2D eigenvalue weighted by Crippen LogP contribution is 2.16. The molecule has 1 aromatic heterocycles. The van der Waals surface area contributed by atoms with E-state index in [2.05, 4.69) is 55.5 Å². The molecule has 1 atom stereocenters. The van der Waals surface area contributed by atoms with Crippen molar-refractivity contribution in [2.45, 2.75) is 46.6 Å². The molecule has 0 saturated carbocycles. The summed E-state index contributed by atoms with van der Waals surface area (Å²) in [6.45, 7) is 11.2. The van der Waals surface area contributed by atoms with Gasteiger partial charge in [0.15, 0.2) is 5.96 Å². The van der Waals surface area contributed by atoms with Crippen molar-refractivity contribution < 1.29 is 4.74 Å². The second-order valence-corrected chi connectivity index (χ2v) is 7.46. The fraction of sp³-hybridized carbons (Fsp3) is 0.706. The van der Waals surface area contributed by atoms with Gasteiger partial charge in [-0.2, -0.15) is 0 Å².